The summed E-state index contributed by atoms with van der Waals surface area (Å²) < 4.78 is 62.1. The Labute approximate surface area is 364 Å². The maximum atomic E-state index is 12.7. The number of carboxylic acids is 2. The van der Waals surface area contributed by atoms with E-state index in [4.69, 9.17) is 39.3 Å². The Balaban J connectivity index is 0.00000169. The van der Waals surface area contributed by atoms with Crippen LogP contribution < -0.4 is 16.4 Å². The molecular formula is C31H44N7O22P3S. The van der Waals surface area contributed by atoms with E-state index in [1.54, 1.807) is 30.3 Å². The van der Waals surface area contributed by atoms with E-state index in [-0.39, 0.29) is 42.2 Å². The van der Waals surface area contributed by atoms with Crippen molar-refractivity contribution in [3.05, 3.63) is 48.5 Å². The number of nitrogens with one attached hydrogen (secondary N) is 2. The molecule has 0 radical (unpaired) electrons. The van der Waals surface area contributed by atoms with Gasteiger partial charge >= 0.3 is 35.4 Å². The van der Waals surface area contributed by atoms with Gasteiger partial charge in [0, 0.05) is 30.7 Å². The second kappa shape index (κ2) is 23.2. The third-order valence-corrected chi connectivity index (χ3v) is 12.3. The van der Waals surface area contributed by atoms with Crippen molar-refractivity contribution in [2.45, 2.75) is 57.0 Å². The van der Waals surface area contributed by atoms with Crippen molar-refractivity contribution >= 4 is 81.1 Å². The summed E-state index contributed by atoms with van der Waals surface area (Å²) in [5.74, 6) is -5.05. The number of phosphoric acid groups is 3. The summed E-state index contributed by atoms with van der Waals surface area (Å²) in [6.07, 6.45) is -8.37. The highest BCUT2D eigenvalue weighted by Gasteiger charge is 2.50. The Morgan fingerprint density at radius 1 is 0.938 bits per heavy atom. The van der Waals surface area contributed by atoms with Gasteiger partial charge in [0.1, 0.15) is 42.4 Å². The summed E-state index contributed by atoms with van der Waals surface area (Å²) in [5, 5.41) is 50.7. The largest absolute Gasteiger partial charge is 0.481 e. The summed E-state index contributed by atoms with van der Waals surface area (Å²) >= 11 is 0.823. The molecule has 3 aromatic rings. The molecule has 64 heavy (non-hydrogen) atoms. The van der Waals surface area contributed by atoms with Gasteiger partial charge in [-0.25, -0.2) is 38.2 Å². The SMILES string of the molecule is CC(C)(COP(=O)(O)OP(=O)(O)OC[C@H]1O[C@@H](n2cnc3c(N)ncnc32)[C@H](O)[C@@H]1OP(=O)(O)O)[C@@H](O)C(=O)NCCC(=O)NCCSC(=O)C(O)c1ccccc1.O=C(O)C(=O)O. The van der Waals surface area contributed by atoms with Gasteiger partial charge in [-0.3, -0.25) is 32.5 Å². The number of aromatic nitrogens is 4. The molecule has 1 fully saturated rings. The molecule has 1 aromatic carbocycles. The molecule has 3 unspecified atom stereocenters. The molecule has 0 saturated carbocycles. The van der Waals surface area contributed by atoms with E-state index in [0.717, 1.165) is 29.0 Å². The number of imidazole rings is 1. The Morgan fingerprint density at radius 2 is 1.56 bits per heavy atom. The van der Waals surface area contributed by atoms with Crippen LogP contribution in [0, 0.1) is 5.41 Å². The van der Waals surface area contributed by atoms with Gasteiger partial charge in [-0.1, -0.05) is 55.9 Å². The summed E-state index contributed by atoms with van der Waals surface area (Å²) in [5.41, 5.74) is 4.65. The number of nitrogens with zero attached hydrogens (tertiary/aromatic N) is 4. The molecular weight excluding hydrogens is 947 g/mol. The zero-order chi connectivity index (χ0) is 48.2. The number of aliphatic carboxylic acids is 2. The fraction of sp³-hybridized carbons (Fsp3) is 0.484. The molecule has 1 saturated heterocycles. The predicted octanol–water partition coefficient (Wildman–Crippen LogP) is -1.45. The number of carbonyl (C=O) groups excluding carboxylic acids is 3. The minimum absolute atomic E-state index is 0.0235. The monoisotopic (exact) mass is 991 g/mol. The number of fused-ring (bicyclic) bond motifs is 1. The number of nitrogen functional groups attached to an aromatic ring is 1. The first-order valence-electron chi connectivity index (χ1n) is 17.9. The topological polar surface area (TPSA) is 458 Å². The van der Waals surface area contributed by atoms with Gasteiger partial charge in [-0.15, -0.1) is 0 Å². The zero-order valence-electron chi connectivity index (χ0n) is 33.2. The molecule has 0 bridgehead atoms. The number of carbonyl (C=O) groups is 5. The highest BCUT2D eigenvalue weighted by molar-refractivity contribution is 8.13. The number of thioether (sulfide) groups is 1. The molecule has 33 heteroatoms. The van der Waals surface area contributed by atoms with Gasteiger partial charge in [0.2, 0.25) is 16.9 Å². The quantitative estimate of drug-likeness (QED) is 0.0330. The number of aliphatic hydroxyl groups is 3. The normalized spacial score (nSPS) is 20.5. The number of anilines is 1. The van der Waals surface area contributed by atoms with Crippen LogP contribution in [0.3, 0.4) is 0 Å². The lowest BCUT2D eigenvalue weighted by Crippen LogP contribution is -2.46. The third kappa shape index (κ3) is 16.6. The second-order valence-corrected chi connectivity index (χ2v) is 19.0. The second-order valence-electron chi connectivity index (χ2n) is 13.7. The van der Waals surface area contributed by atoms with Gasteiger partial charge < -0.3 is 66.2 Å². The van der Waals surface area contributed by atoms with Crippen molar-refractivity contribution in [3.8, 4) is 0 Å². The number of aliphatic hydroxyl groups excluding tert-OH is 3. The average Bonchev–Trinajstić information content (AvgIpc) is 3.77. The van der Waals surface area contributed by atoms with E-state index in [2.05, 4.69) is 34.4 Å². The van der Waals surface area contributed by atoms with E-state index in [1.807, 2.05) is 0 Å². The van der Waals surface area contributed by atoms with Crippen LogP contribution in [0.2, 0.25) is 0 Å². The van der Waals surface area contributed by atoms with Crippen molar-refractivity contribution < 1.29 is 105 Å². The van der Waals surface area contributed by atoms with Crippen molar-refractivity contribution in [1.29, 1.82) is 0 Å². The molecule has 29 nitrogen and oxygen atoms in total. The van der Waals surface area contributed by atoms with Gasteiger partial charge in [0.25, 0.3) is 0 Å². The Bertz CT molecular complexity index is 2260. The number of benzene rings is 1. The average molecular weight is 992 g/mol. The molecule has 13 N–H and O–H groups in total. The summed E-state index contributed by atoms with van der Waals surface area (Å²) in [6.45, 7) is 0.250. The van der Waals surface area contributed by atoms with Crippen LogP contribution in [0.25, 0.3) is 11.2 Å². The predicted molar refractivity (Wildman–Crippen MR) is 214 cm³/mol. The lowest BCUT2D eigenvalue weighted by atomic mass is 9.87. The van der Waals surface area contributed by atoms with Crippen molar-refractivity contribution in [3.63, 3.8) is 0 Å². The lowest BCUT2D eigenvalue weighted by molar-refractivity contribution is -0.159. The van der Waals surface area contributed by atoms with Crippen LogP contribution in [-0.2, 0) is 60.3 Å². The molecule has 8 atom stereocenters. The van der Waals surface area contributed by atoms with Crippen molar-refractivity contribution in [2.75, 3.05) is 37.8 Å². The molecule has 1 aliphatic heterocycles. The highest BCUT2D eigenvalue weighted by atomic mass is 32.2. The van der Waals surface area contributed by atoms with Crippen LogP contribution in [0.4, 0.5) is 5.82 Å². The Hall–Kier alpha value is -4.32. The molecule has 2 amide bonds. The number of hydrogen-bond acceptors (Lipinski definition) is 21. The van der Waals surface area contributed by atoms with Crippen molar-refractivity contribution in [1.82, 2.24) is 30.2 Å². The van der Waals surface area contributed by atoms with Crippen LogP contribution >= 0.6 is 35.2 Å². The number of ether oxygens (including phenoxy) is 1. The molecule has 356 valence electrons. The minimum atomic E-state index is -5.59. The van der Waals surface area contributed by atoms with Gasteiger partial charge in [-0.2, -0.15) is 4.31 Å². The van der Waals surface area contributed by atoms with E-state index in [1.165, 1.54) is 13.8 Å². The summed E-state index contributed by atoms with van der Waals surface area (Å²) in [4.78, 5) is 106. The summed E-state index contributed by atoms with van der Waals surface area (Å²) in [6, 6.07) is 8.29. The van der Waals surface area contributed by atoms with E-state index in [0.29, 0.717) is 5.56 Å². The minimum Gasteiger partial charge on any atom is -0.473 e. The fourth-order valence-electron chi connectivity index (χ4n) is 5.13. The lowest BCUT2D eigenvalue weighted by Gasteiger charge is -2.30. The number of nitrogens with two attached hydrogens (primary N) is 1. The van der Waals surface area contributed by atoms with Gasteiger partial charge in [0.05, 0.1) is 19.5 Å². The van der Waals surface area contributed by atoms with E-state index < -0.39 is 108 Å². The number of amides is 2. The Morgan fingerprint density at radius 3 is 2.17 bits per heavy atom. The molecule has 3 heterocycles. The zero-order valence-corrected chi connectivity index (χ0v) is 36.7. The number of carboxylic acid groups (broad SMARTS) is 2. The highest BCUT2D eigenvalue weighted by Crippen LogP contribution is 2.61. The van der Waals surface area contributed by atoms with Crippen molar-refractivity contribution in [2.24, 2.45) is 5.41 Å². The molecule has 1 aliphatic rings. The third-order valence-electron chi connectivity index (χ3n) is 8.27. The first kappa shape index (κ1) is 54.0. The van der Waals surface area contributed by atoms with Crippen LogP contribution in [0.15, 0.2) is 43.0 Å². The van der Waals surface area contributed by atoms with Crippen LogP contribution in [-0.4, -0.2) is 150 Å². The summed E-state index contributed by atoms with van der Waals surface area (Å²) in [7, 11) is -16.4. The maximum absolute atomic E-state index is 12.7. The standard InChI is InChI=1S/C29H42N7O18P3S.C2H2O4/c1-29(2,23(40)26(41)32-9-8-18(37)31-10-11-58-28(42)20(38)16-6-4-3-5-7-16)13-51-57(48,49)54-56(46,47)50-12-17-22(53-55(43,44)45)21(39)27(52-17)36-15-35-19-24(30)33-14-34-25(19)36;3-1(4)2(5)6/h3-7,14-15,17,20-23,27,38-40H,8-13H2,1-2H3,(H,31,37)(H,32,41)(H,46,47)(H,48,49)(H2,30,33,34)(H2,43,44,45);(H,3,4)(H,5,6)/t17-,20?,21-,22-,23+,27-;/m1./s1. The van der Waals surface area contributed by atoms with E-state index in [9.17, 15) is 63.0 Å². The molecule has 0 aliphatic carbocycles. The van der Waals surface area contributed by atoms with Gasteiger partial charge in [-0.05, 0) is 5.56 Å². The van der Waals surface area contributed by atoms with Gasteiger partial charge in [0.15, 0.2) is 17.7 Å². The fourth-order valence-corrected chi connectivity index (χ4v) is 8.66. The first-order chi connectivity index (χ1) is 29.6. The number of hydrogen-bond donors (Lipinski definition) is 12. The first-order valence-corrected chi connectivity index (χ1v) is 23.4. The van der Waals surface area contributed by atoms with Crippen LogP contribution in [0.5, 0.6) is 0 Å². The number of phosphoric ester groups is 3. The Kier molecular flexibility index (Phi) is 19.6. The smallest absolute Gasteiger partial charge is 0.473 e. The maximum Gasteiger partial charge on any atom is 0.481 e. The molecule has 4 rings (SSSR count). The molecule has 2 aromatic heterocycles. The van der Waals surface area contributed by atoms with E-state index >= 15 is 0 Å². The van der Waals surface area contributed by atoms with Crippen LogP contribution in [0.1, 0.15) is 38.2 Å². The number of rotatable bonds is 21. The molecule has 0 spiro atoms.